The minimum Gasteiger partial charge on any atom is -0.480 e. The summed E-state index contributed by atoms with van der Waals surface area (Å²) in [6.07, 6.45) is 2.10. The number of nitrogens with two attached hydrogens (primary N) is 2. The Bertz CT molecular complexity index is 1820. The average Bonchev–Trinajstić information content (AvgIpc) is 3.25. The number of carbonyl (C=O) groups excluding carboxylic acids is 7. The van der Waals surface area contributed by atoms with Crippen LogP contribution in [0, 0.1) is 5.92 Å². The average molecular weight is 864 g/mol. The van der Waals surface area contributed by atoms with Gasteiger partial charge in [-0.05, 0) is 75.0 Å². The van der Waals surface area contributed by atoms with Crippen LogP contribution in [0.25, 0.3) is 0 Å². The van der Waals surface area contributed by atoms with E-state index < -0.39 is 96.0 Å². The normalized spacial score (nSPS) is 22.1. The maximum absolute atomic E-state index is 14.7. The van der Waals surface area contributed by atoms with Gasteiger partial charge in [0, 0.05) is 27.1 Å². The summed E-state index contributed by atoms with van der Waals surface area (Å²) in [6, 6.07) is 9.80. The molecule has 0 spiro atoms. The smallest absolute Gasteiger partial charge is 0.326 e. The van der Waals surface area contributed by atoms with Crippen LogP contribution in [0.15, 0.2) is 60.7 Å². The van der Waals surface area contributed by atoms with Crippen LogP contribution in [0.1, 0.15) is 82.8 Å². The zero-order chi connectivity index (χ0) is 45.8. The number of carbonyl (C=O) groups is 8. The molecule has 0 radical (unpaired) electrons. The molecule has 8 amide bonds. The first-order valence-corrected chi connectivity index (χ1v) is 21.4. The fraction of sp³-hybridized carbons (Fsp3) is 0.545. The second kappa shape index (κ2) is 25.7. The molecule has 0 saturated carbocycles. The zero-order valence-electron chi connectivity index (χ0n) is 36.3. The van der Waals surface area contributed by atoms with Crippen LogP contribution < -0.4 is 38.1 Å². The number of nitrogens with one attached hydrogen (secondary N) is 5. The number of primary amides is 1. The highest BCUT2D eigenvalue weighted by molar-refractivity contribution is 5.98. The molecule has 7 atom stereocenters. The molecule has 10 N–H and O–H groups in total. The van der Waals surface area contributed by atoms with Crippen LogP contribution in [0.4, 0.5) is 4.79 Å². The van der Waals surface area contributed by atoms with E-state index in [0.717, 1.165) is 16.0 Å². The van der Waals surface area contributed by atoms with Crippen molar-refractivity contribution in [2.45, 2.75) is 121 Å². The lowest BCUT2D eigenvalue weighted by atomic mass is 9.95. The number of likely N-dealkylation sites (N-methyl/N-ethyl adjacent to an activating group) is 2. The molecule has 1 aliphatic heterocycles. The Morgan fingerprint density at radius 3 is 2.06 bits per heavy atom. The molecule has 1 saturated heterocycles. The summed E-state index contributed by atoms with van der Waals surface area (Å²) in [5, 5.41) is 23.2. The summed E-state index contributed by atoms with van der Waals surface area (Å²) in [5.41, 5.74) is 12.8. The number of hydrogen-bond acceptors (Lipinski definition) is 9. The van der Waals surface area contributed by atoms with E-state index in [0.29, 0.717) is 38.6 Å². The molecule has 1 aliphatic rings. The first kappa shape index (κ1) is 50.3. The number of urea groups is 1. The van der Waals surface area contributed by atoms with E-state index in [2.05, 4.69) is 26.6 Å². The number of carboxylic acids is 1. The van der Waals surface area contributed by atoms with Crippen molar-refractivity contribution in [3.05, 3.63) is 71.8 Å². The quantitative estimate of drug-likeness (QED) is 0.111. The summed E-state index contributed by atoms with van der Waals surface area (Å²) in [6.45, 7) is 4.04. The van der Waals surface area contributed by atoms with Crippen LogP contribution >= 0.6 is 0 Å². The van der Waals surface area contributed by atoms with E-state index in [4.69, 9.17) is 11.5 Å². The van der Waals surface area contributed by atoms with Crippen molar-refractivity contribution < 1.29 is 43.5 Å². The first-order valence-electron chi connectivity index (χ1n) is 21.4. The van der Waals surface area contributed by atoms with Gasteiger partial charge in [-0.25, -0.2) is 9.59 Å². The number of benzene rings is 2. The molecule has 3 rings (SSSR count). The molecule has 1 fully saturated rings. The summed E-state index contributed by atoms with van der Waals surface area (Å²) in [5.74, 6) is -5.97. The number of rotatable bonds is 16. The Labute approximate surface area is 363 Å². The van der Waals surface area contributed by atoms with Gasteiger partial charge in [0.05, 0.1) is 6.42 Å². The minimum absolute atomic E-state index is 0.0409. The maximum atomic E-state index is 14.7. The van der Waals surface area contributed by atoms with Crippen molar-refractivity contribution in [1.29, 1.82) is 0 Å². The van der Waals surface area contributed by atoms with Crippen molar-refractivity contribution in [2.75, 3.05) is 27.2 Å². The molecule has 0 aromatic heterocycles. The molecule has 0 unspecified atom stereocenters. The topological polar surface area (TPSA) is 275 Å². The lowest BCUT2D eigenvalue weighted by Crippen LogP contribution is -2.61. The highest BCUT2D eigenvalue weighted by Gasteiger charge is 2.40. The molecule has 1 heterocycles. The Morgan fingerprint density at radius 1 is 0.839 bits per heavy atom. The molecule has 340 valence electrons. The van der Waals surface area contributed by atoms with E-state index in [-0.39, 0.29) is 38.6 Å². The van der Waals surface area contributed by atoms with E-state index in [1.54, 1.807) is 37.3 Å². The van der Waals surface area contributed by atoms with Crippen molar-refractivity contribution in [3.63, 3.8) is 0 Å². The number of carboxylic acid groups (broad SMARTS) is 1. The van der Waals surface area contributed by atoms with Gasteiger partial charge in [0.1, 0.15) is 36.3 Å². The van der Waals surface area contributed by atoms with Crippen LogP contribution in [-0.2, 0) is 46.4 Å². The highest BCUT2D eigenvalue weighted by Crippen LogP contribution is 2.19. The summed E-state index contributed by atoms with van der Waals surface area (Å²) < 4.78 is 0. The minimum atomic E-state index is -1.46. The lowest BCUT2D eigenvalue weighted by Gasteiger charge is -2.37. The van der Waals surface area contributed by atoms with Crippen molar-refractivity contribution in [3.8, 4) is 0 Å². The second-order valence-electron chi connectivity index (χ2n) is 15.9. The predicted molar refractivity (Wildman–Crippen MR) is 232 cm³/mol. The van der Waals surface area contributed by atoms with Crippen LogP contribution in [-0.4, -0.2) is 126 Å². The van der Waals surface area contributed by atoms with E-state index in [9.17, 15) is 43.5 Å². The van der Waals surface area contributed by atoms with Gasteiger partial charge < -0.3 is 53.0 Å². The van der Waals surface area contributed by atoms with Crippen LogP contribution in [0.3, 0.4) is 0 Å². The van der Waals surface area contributed by atoms with Gasteiger partial charge in [0.2, 0.25) is 35.4 Å². The maximum Gasteiger partial charge on any atom is 0.326 e. The zero-order valence-corrected chi connectivity index (χ0v) is 36.3. The van der Waals surface area contributed by atoms with E-state index in [1.165, 1.54) is 19.0 Å². The molecule has 18 nitrogen and oxygen atoms in total. The third-order valence-corrected chi connectivity index (χ3v) is 11.2. The molecular weight excluding hydrogens is 799 g/mol. The van der Waals surface area contributed by atoms with E-state index in [1.807, 2.05) is 37.3 Å². The lowest BCUT2D eigenvalue weighted by molar-refractivity contribution is -0.150. The summed E-state index contributed by atoms with van der Waals surface area (Å²) in [4.78, 5) is 111. The molecule has 0 aliphatic carbocycles. The monoisotopic (exact) mass is 863 g/mol. The molecular formula is C44H65N9O9. The van der Waals surface area contributed by atoms with Gasteiger partial charge in [0.15, 0.2) is 0 Å². The van der Waals surface area contributed by atoms with Gasteiger partial charge in [-0.3, -0.25) is 28.8 Å². The number of hydrogen-bond donors (Lipinski definition) is 8. The molecule has 62 heavy (non-hydrogen) atoms. The Morgan fingerprint density at radius 2 is 1.47 bits per heavy atom. The molecule has 2 aromatic rings. The summed E-state index contributed by atoms with van der Waals surface area (Å²) >= 11 is 0. The number of unbranched alkanes of at least 4 members (excludes halogenated alkanes) is 1. The first-order chi connectivity index (χ1) is 29.6. The van der Waals surface area contributed by atoms with Gasteiger partial charge in [-0.1, -0.05) is 80.9 Å². The standard InChI is InChI=1S/C44H65N9O9/c1-5-28(2)37-42(59)52(3)34(23-22-29-16-8-6-9-17-29)41(58)53(4)35(27-36(46)54)40(57)48-33(26-30-18-10-7-11-19-30)38(55)47-25-15-13-20-31(39(56)51-37)49-44(62)50-32(43(60)61)21-12-14-24-45/h6-11,16-19,28,31-35,37H,5,12-15,20-27,45H2,1-4H3,(H2,46,54)(H,47,55)(H,48,57)(H,51,56)(H,60,61)(H2,49,50,62)/t28-,31+,32+,33-,34-,35-,37-/m0/s1. The number of aliphatic carboxylic acids is 1. The highest BCUT2D eigenvalue weighted by atomic mass is 16.4. The Balaban J connectivity index is 2.09. The van der Waals surface area contributed by atoms with E-state index >= 15 is 0 Å². The molecule has 18 heteroatoms. The third-order valence-electron chi connectivity index (χ3n) is 11.2. The van der Waals surface area contributed by atoms with Gasteiger partial charge in [0.25, 0.3) is 0 Å². The largest absolute Gasteiger partial charge is 0.480 e. The van der Waals surface area contributed by atoms with Crippen molar-refractivity contribution in [2.24, 2.45) is 17.4 Å². The Kier molecular flexibility index (Phi) is 20.8. The third kappa shape index (κ3) is 15.8. The SMILES string of the molecule is CC[C@H](C)[C@@H]1NC(=O)[C@H](NC(=O)N[C@H](CCCCN)C(=O)O)CCCCNC(=O)[C@H](Cc2ccccc2)NC(=O)[C@H](CC(N)=O)N(C)C(=O)[C@H](CCc2ccccc2)N(C)C1=O. The van der Waals surface area contributed by atoms with Crippen molar-refractivity contribution >= 4 is 47.4 Å². The van der Waals surface area contributed by atoms with Gasteiger partial charge in [-0.15, -0.1) is 0 Å². The van der Waals surface area contributed by atoms with Gasteiger partial charge >= 0.3 is 12.0 Å². The van der Waals surface area contributed by atoms with Gasteiger partial charge in [-0.2, -0.15) is 0 Å². The molecule has 0 bridgehead atoms. The van der Waals surface area contributed by atoms with Crippen LogP contribution in [0.5, 0.6) is 0 Å². The Hall–Kier alpha value is -6.04. The second-order valence-corrected chi connectivity index (χ2v) is 15.9. The summed E-state index contributed by atoms with van der Waals surface area (Å²) in [7, 11) is 2.76. The molecule has 2 aromatic carbocycles. The fourth-order valence-electron chi connectivity index (χ4n) is 7.24. The predicted octanol–water partition coefficient (Wildman–Crippen LogP) is 0.957. The van der Waals surface area contributed by atoms with Crippen molar-refractivity contribution in [1.82, 2.24) is 36.4 Å². The number of aryl methyl sites for hydroxylation is 1. The number of nitrogens with zero attached hydrogens (tertiary/aromatic N) is 2. The fourth-order valence-corrected chi connectivity index (χ4v) is 7.24. The van der Waals surface area contributed by atoms with Crippen LogP contribution in [0.2, 0.25) is 0 Å². The number of amides is 8.